The molecule has 2 aliphatic rings. The zero-order chi connectivity index (χ0) is 18.6. The van der Waals surface area contributed by atoms with Crippen LogP contribution in [-0.2, 0) is 19.1 Å². The molecule has 2 saturated heterocycles. The van der Waals surface area contributed by atoms with Crippen LogP contribution in [0.4, 0.5) is 18.9 Å². The maximum Gasteiger partial charge on any atom is 0.411 e. The van der Waals surface area contributed by atoms with Crippen molar-refractivity contribution in [2.75, 3.05) is 11.5 Å². The fourth-order valence-electron chi connectivity index (χ4n) is 2.87. The van der Waals surface area contributed by atoms with Gasteiger partial charge in [0.25, 0.3) is 0 Å². The van der Waals surface area contributed by atoms with Crippen molar-refractivity contribution in [3.63, 3.8) is 0 Å². The number of hydrogen-bond acceptors (Lipinski definition) is 5. The lowest BCUT2D eigenvalue weighted by Crippen LogP contribution is -2.37. The fraction of sp³-hybridized carbons (Fsp3) is 0.500. The second-order valence-electron chi connectivity index (χ2n) is 6.73. The van der Waals surface area contributed by atoms with E-state index in [2.05, 4.69) is 15.9 Å². The van der Waals surface area contributed by atoms with Gasteiger partial charge in [0.05, 0.1) is 0 Å². The Bertz CT molecular complexity index is 704. The van der Waals surface area contributed by atoms with Gasteiger partial charge in [-0.3, -0.25) is 0 Å². The number of nitrogens with zero attached hydrogens (tertiary/aromatic N) is 1. The minimum absolute atomic E-state index is 0.0492. The third-order valence-corrected chi connectivity index (χ3v) is 4.78. The molecule has 2 heterocycles. The molecule has 0 aromatic heterocycles. The molecule has 2 aliphatic heterocycles. The van der Waals surface area contributed by atoms with Crippen LogP contribution >= 0.6 is 15.9 Å². The van der Waals surface area contributed by atoms with Gasteiger partial charge in [0.15, 0.2) is 12.1 Å². The average molecular weight is 422 g/mol. The number of cyclic esters (lactones) is 1. The van der Waals surface area contributed by atoms with Crippen LogP contribution in [0.1, 0.15) is 13.8 Å². The van der Waals surface area contributed by atoms with E-state index in [1.807, 2.05) is 0 Å². The van der Waals surface area contributed by atoms with Gasteiger partial charge in [0.1, 0.15) is 6.61 Å². The number of esters is 2. The summed E-state index contributed by atoms with van der Waals surface area (Å²) in [5.74, 6) is -1.82. The largest absolute Gasteiger partial charge is 0.462 e. The van der Waals surface area contributed by atoms with Crippen LogP contribution in [0.15, 0.2) is 28.7 Å². The van der Waals surface area contributed by atoms with Crippen molar-refractivity contribution < 1.29 is 32.2 Å². The standard InChI is InChI=1S/C16H15BrF3NO4/c1-15(2)7-24-14(23)12(15)25-13(22)10-11(16(18,19)20)21(10)9-5-3-8(17)4-6-9/h3-6,10-12H,7H2,1-2H3/t10-,11+,12+,21?/m1/s1. The molecule has 0 N–H and O–H groups in total. The van der Waals surface area contributed by atoms with E-state index in [1.165, 1.54) is 12.1 Å². The smallest absolute Gasteiger partial charge is 0.411 e. The predicted molar refractivity (Wildman–Crippen MR) is 84.9 cm³/mol. The highest BCUT2D eigenvalue weighted by atomic mass is 79.9. The summed E-state index contributed by atoms with van der Waals surface area (Å²) in [5.41, 5.74) is -0.529. The number of ether oxygens (including phenoxy) is 2. The molecule has 3 rings (SSSR count). The van der Waals surface area contributed by atoms with Crippen molar-refractivity contribution in [2.45, 2.75) is 38.2 Å². The van der Waals surface area contributed by atoms with Gasteiger partial charge in [-0.15, -0.1) is 0 Å². The summed E-state index contributed by atoms with van der Waals surface area (Å²) in [6.07, 6.45) is -5.80. The van der Waals surface area contributed by atoms with Gasteiger partial charge in [-0.2, -0.15) is 13.2 Å². The van der Waals surface area contributed by atoms with Crippen LogP contribution < -0.4 is 4.90 Å². The lowest BCUT2D eigenvalue weighted by atomic mass is 9.90. The Balaban J connectivity index is 1.80. The molecule has 0 amide bonds. The van der Waals surface area contributed by atoms with E-state index in [0.717, 1.165) is 4.90 Å². The normalized spacial score (nSPS) is 27.8. The van der Waals surface area contributed by atoms with Crippen molar-refractivity contribution in [3.8, 4) is 0 Å². The summed E-state index contributed by atoms with van der Waals surface area (Å²) in [6, 6.07) is 2.64. The molecular formula is C16H15BrF3NO4. The van der Waals surface area contributed by atoms with Gasteiger partial charge in [0.2, 0.25) is 6.10 Å². The summed E-state index contributed by atoms with van der Waals surface area (Å²) in [4.78, 5) is 24.9. The summed E-state index contributed by atoms with van der Waals surface area (Å²) >= 11 is 3.21. The van der Waals surface area contributed by atoms with Crippen molar-refractivity contribution in [3.05, 3.63) is 28.7 Å². The second kappa shape index (κ2) is 5.89. The molecule has 0 radical (unpaired) electrons. The first kappa shape index (κ1) is 18.0. The molecule has 136 valence electrons. The Hall–Kier alpha value is -1.77. The number of halogens is 4. The highest BCUT2D eigenvalue weighted by molar-refractivity contribution is 9.10. The zero-order valence-corrected chi connectivity index (χ0v) is 14.9. The molecule has 0 aliphatic carbocycles. The summed E-state index contributed by atoms with van der Waals surface area (Å²) in [5, 5.41) is 0. The molecule has 0 bridgehead atoms. The number of benzene rings is 1. The third-order valence-electron chi connectivity index (χ3n) is 4.25. The Labute approximate surface area is 150 Å². The minimum atomic E-state index is -4.59. The first-order valence-electron chi connectivity index (χ1n) is 7.50. The maximum atomic E-state index is 13.3. The van der Waals surface area contributed by atoms with Crippen LogP contribution in [-0.4, -0.2) is 42.9 Å². The van der Waals surface area contributed by atoms with Crippen molar-refractivity contribution in [2.24, 2.45) is 5.41 Å². The van der Waals surface area contributed by atoms with Gasteiger partial charge in [-0.1, -0.05) is 29.8 Å². The highest BCUT2D eigenvalue weighted by Crippen LogP contribution is 2.46. The fourth-order valence-corrected chi connectivity index (χ4v) is 3.13. The van der Waals surface area contributed by atoms with Gasteiger partial charge >= 0.3 is 18.1 Å². The number of carbonyl (C=O) groups excluding carboxylic acids is 2. The maximum absolute atomic E-state index is 13.3. The Kier molecular flexibility index (Phi) is 4.25. The van der Waals surface area contributed by atoms with E-state index in [9.17, 15) is 22.8 Å². The molecule has 2 fully saturated rings. The molecule has 3 atom stereocenters. The van der Waals surface area contributed by atoms with Gasteiger partial charge < -0.3 is 14.4 Å². The minimum Gasteiger partial charge on any atom is -0.462 e. The Morgan fingerprint density at radius 1 is 1.32 bits per heavy atom. The summed E-state index contributed by atoms with van der Waals surface area (Å²) < 4.78 is 50.4. The SMILES string of the molecule is CC1(C)COC(=O)[C@@H]1OC(=O)[C@H]1[C@@H](C(F)(F)F)N1c1ccc(Br)cc1. The third kappa shape index (κ3) is 3.33. The van der Waals surface area contributed by atoms with Crippen molar-refractivity contribution in [1.29, 1.82) is 0 Å². The van der Waals surface area contributed by atoms with E-state index < -0.39 is 41.7 Å². The van der Waals surface area contributed by atoms with Crippen molar-refractivity contribution >= 4 is 33.6 Å². The highest BCUT2D eigenvalue weighted by Gasteiger charge is 2.67. The van der Waals surface area contributed by atoms with Crippen LogP contribution in [0.5, 0.6) is 0 Å². The average Bonchev–Trinajstić information content (AvgIpc) is 3.21. The molecule has 0 unspecified atom stereocenters. The summed E-state index contributed by atoms with van der Waals surface area (Å²) in [6.45, 7) is 3.35. The van der Waals surface area contributed by atoms with Crippen LogP contribution in [0, 0.1) is 5.41 Å². The topological polar surface area (TPSA) is 55.6 Å². The van der Waals surface area contributed by atoms with E-state index in [0.29, 0.717) is 4.47 Å². The number of alkyl halides is 3. The quantitative estimate of drug-likeness (QED) is 0.554. The summed E-state index contributed by atoms with van der Waals surface area (Å²) in [7, 11) is 0. The molecule has 1 aromatic carbocycles. The molecular weight excluding hydrogens is 407 g/mol. The Morgan fingerprint density at radius 2 is 1.92 bits per heavy atom. The predicted octanol–water partition coefficient (Wildman–Crippen LogP) is 3.06. The lowest BCUT2D eigenvalue weighted by molar-refractivity contribution is -0.164. The Morgan fingerprint density at radius 3 is 2.40 bits per heavy atom. The van der Waals surface area contributed by atoms with E-state index in [-0.39, 0.29) is 12.3 Å². The first-order valence-corrected chi connectivity index (χ1v) is 8.29. The first-order chi connectivity index (χ1) is 11.5. The van der Waals surface area contributed by atoms with Gasteiger partial charge in [-0.05, 0) is 24.3 Å². The van der Waals surface area contributed by atoms with E-state index in [4.69, 9.17) is 9.47 Å². The number of rotatable bonds is 3. The second-order valence-corrected chi connectivity index (χ2v) is 7.64. The molecule has 25 heavy (non-hydrogen) atoms. The zero-order valence-electron chi connectivity index (χ0n) is 13.3. The number of carbonyl (C=O) groups is 2. The number of hydrogen-bond donors (Lipinski definition) is 0. The molecule has 1 aromatic rings. The van der Waals surface area contributed by atoms with Gasteiger partial charge in [0, 0.05) is 15.6 Å². The molecule has 9 heteroatoms. The molecule has 0 spiro atoms. The van der Waals surface area contributed by atoms with Gasteiger partial charge in [-0.25, -0.2) is 9.59 Å². The van der Waals surface area contributed by atoms with E-state index in [1.54, 1.807) is 26.0 Å². The monoisotopic (exact) mass is 421 g/mol. The lowest BCUT2D eigenvalue weighted by Gasteiger charge is -2.21. The van der Waals surface area contributed by atoms with Crippen molar-refractivity contribution in [1.82, 2.24) is 0 Å². The van der Waals surface area contributed by atoms with E-state index >= 15 is 0 Å². The van der Waals surface area contributed by atoms with Crippen LogP contribution in [0.3, 0.4) is 0 Å². The van der Waals surface area contributed by atoms with Crippen LogP contribution in [0.25, 0.3) is 0 Å². The van der Waals surface area contributed by atoms with Crippen LogP contribution in [0.2, 0.25) is 0 Å². The molecule has 0 saturated carbocycles. The molecule has 5 nitrogen and oxygen atoms in total. The number of anilines is 1.